The Morgan fingerprint density at radius 3 is 3.20 bits per heavy atom. The highest BCUT2D eigenvalue weighted by molar-refractivity contribution is 7.98. The van der Waals surface area contributed by atoms with Crippen LogP contribution in [0.5, 0.6) is 0 Å². The normalized spacial score (nSPS) is 10.1. The molecule has 1 rings (SSSR count). The van der Waals surface area contributed by atoms with E-state index in [1.165, 1.54) is 5.01 Å². The minimum absolute atomic E-state index is 0.732. The van der Waals surface area contributed by atoms with E-state index in [0.717, 1.165) is 17.4 Å². The number of aromatic nitrogens is 1. The number of thiazole rings is 1. The van der Waals surface area contributed by atoms with Crippen molar-refractivity contribution in [3.05, 3.63) is 16.6 Å². The second-order valence-electron chi connectivity index (χ2n) is 1.67. The van der Waals surface area contributed by atoms with Gasteiger partial charge in [-0.25, -0.2) is 4.98 Å². The minimum Gasteiger partial charge on any atom is -0.249 e. The fraction of sp³-hybridized carbons (Fsp3) is 0.500. The third-order valence-electron chi connectivity index (χ3n) is 0.930. The first-order chi connectivity index (χ1) is 4.93. The summed E-state index contributed by atoms with van der Waals surface area (Å²) in [5.41, 5.74) is 0. The van der Waals surface area contributed by atoms with Gasteiger partial charge in [-0.2, -0.15) is 11.8 Å². The van der Waals surface area contributed by atoms with Crippen LogP contribution in [0.4, 0.5) is 0 Å². The number of rotatable bonds is 4. The van der Waals surface area contributed by atoms with Gasteiger partial charge in [0.1, 0.15) is 5.01 Å². The Kier molecular flexibility index (Phi) is 4.18. The van der Waals surface area contributed by atoms with Gasteiger partial charge in [-0.05, 0) is 0 Å². The summed E-state index contributed by atoms with van der Waals surface area (Å²) in [5.74, 6) is 2.75. The van der Waals surface area contributed by atoms with Crippen molar-refractivity contribution >= 4 is 34.7 Å². The molecule has 0 radical (unpaired) electrons. The number of alkyl halides is 1. The van der Waals surface area contributed by atoms with Crippen LogP contribution in [0.15, 0.2) is 11.6 Å². The van der Waals surface area contributed by atoms with Gasteiger partial charge in [0.15, 0.2) is 0 Å². The van der Waals surface area contributed by atoms with Crippen LogP contribution in [0, 0.1) is 0 Å². The Bertz CT molecular complexity index is 164. The smallest absolute Gasteiger partial charge is 0.102 e. The molecule has 0 saturated heterocycles. The van der Waals surface area contributed by atoms with Crippen LogP contribution in [0.25, 0.3) is 0 Å². The monoisotopic (exact) mass is 193 g/mol. The second-order valence-corrected chi connectivity index (χ2v) is 4.13. The van der Waals surface area contributed by atoms with Crippen LogP contribution in [0.3, 0.4) is 0 Å². The zero-order valence-electron chi connectivity index (χ0n) is 5.42. The number of hydrogen-bond acceptors (Lipinski definition) is 3. The number of nitrogens with zero attached hydrogens (tertiary/aromatic N) is 1. The topological polar surface area (TPSA) is 12.9 Å². The molecule has 0 aliphatic carbocycles. The van der Waals surface area contributed by atoms with E-state index in [4.69, 9.17) is 11.6 Å². The fourth-order valence-electron chi connectivity index (χ4n) is 0.538. The summed E-state index contributed by atoms with van der Waals surface area (Å²) < 4.78 is 0. The third kappa shape index (κ3) is 2.90. The first-order valence-electron chi connectivity index (χ1n) is 2.95. The maximum absolute atomic E-state index is 5.50. The Labute approximate surface area is 73.8 Å². The largest absolute Gasteiger partial charge is 0.249 e. The van der Waals surface area contributed by atoms with Crippen molar-refractivity contribution < 1.29 is 0 Å². The first kappa shape index (κ1) is 8.37. The van der Waals surface area contributed by atoms with E-state index in [2.05, 4.69) is 4.98 Å². The highest BCUT2D eigenvalue weighted by Crippen LogP contribution is 2.13. The van der Waals surface area contributed by atoms with E-state index in [-0.39, 0.29) is 0 Å². The predicted molar refractivity (Wildman–Crippen MR) is 49.0 cm³/mol. The molecule has 0 saturated carbocycles. The van der Waals surface area contributed by atoms with Crippen LogP contribution in [0.1, 0.15) is 5.01 Å². The lowest BCUT2D eigenvalue weighted by molar-refractivity contribution is 1.27. The summed E-state index contributed by atoms with van der Waals surface area (Å²) in [4.78, 5) is 4.14. The van der Waals surface area contributed by atoms with E-state index in [9.17, 15) is 0 Å². The van der Waals surface area contributed by atoms with Crippen LogP contribution in [-0.4, -0.2) is 16.6 Å². The maximum atomic E-state index is 5.50. The lowest BCUT2D eigenvalue weighted by Gasteiger charge is -1.92. The molecule has 1 heterocycles. The van der Waals surface area contributed by atoms with Gasteiger partial charge < -0.3 is 0 Å². The summed E-state index contributed by atoms with van der Waals surface area (Å²) in [6.45, 7) is 0. The maximum Gasteiger partial charge on any atom is 0.102 e. The molecule has 0 atom stereocenters. The molecule has 0 fully saturated rings. The number of halogens is 1. The molecule has 4 heteroatoms. The van der Waals surface area contributed by atoms with Crippen molar-refractivity contribution in [3.8, 4) is 0 Å². The van der Waals surface area contributed by atoms with Crippen molar-refractivity contribution in [3.63, 3.8) is 0 Å². The summed E-state index contributed by atoms with van der Waals surface area (Å²) in [7, 11) is 0. The van der Waals surface area contributed by atoms with Crippen LogP contribution in [0.2, 0.25) is 0 Å². The van der Waals surface area contributed by atoms with Crippen LogP contribution in [-0.2, 0) is 5.75 Å². The van der Waals surface area contributed by atoms with Gasteiger partial charge >= 0.3 is 0 Å². The number of thioether (sulfide) groups is 1. The molecule has 56 valence electrons. The zero-order valence-corrected chi connectivity index (χ0v) is 7.81. The minimum atomic E-state index is 0.732. The summed E-state index contributed by atoms with van der Waals surface area (Å²) in [6, 6.07) is 0. The summed E-state index contributed by atoms with van der Waals surface area (Å²) in [5, 5.41) is 3.19. The molecule has 0 unspecified atom stereocenters. The van der Waals surface area contributed by atoms with Gasteiger partial charge in [0.2, 0.25) is 0 Å². The van der Waals surface area contributed by atoms with E-state index < -0.39 is 0 Å². The van der Waals surface area contributed by atoms with Crippen molar-refractivity contribution in [2.24, 2.45) is 0 Å². The van der Waals surface area contributed by atoms with Gasteiger partial charge in [-0.1, -0.05) is 0 Å². The Morgan fingerprint density at radius 1 is 1.70 bits per heavy atom. The molecule has 0 bridgehead atoms. The van der Waals surface area contributed by atoms with Gasteiger partial charge in [0.25, 0.3) is 0 Å². The molecule has 0 aliphatic rings. The molecule has 0 aromatic carbocycles. The second kappa shape index (κ2) is 4.99. The van der Waals surface area contributed by atoms with Crippen molar-refractivity contribution in [2.45, 2.75) is 5.75 Å². The predicted octanol–water partition coefficient (Wildman–Crippen LogP) is 2.62. The average molecular weight is 194 g/mol. The molecular formula is C6H8ClNS2. The highest BCUT2D eigenvalue weighted by atomic mass is 35.5. The van der Waals surface area contributed by atoms with Gasteiger partial charge in [0.05, 0.1) is 0 Å². The van der Waals surface area contributed by atoms with Gasteiger partial charge in [-0.15, -0.1) is 22.9 Å². The highest BCUT2D eigenvalue weighted by Gasteiger charge is 1.93. The Morgan fingerprint density at radius 2 is 2.60 bits per heavy atom. The van der Waals surface area contributed by atoms with Crippen molar-refractivity contribution in [1.82, 2.24) is 4.98 Å². The zero-order chi connectivity index (χ0) is 7.23. The molecule has 1 nitrogen and oxygen atoms in total. The first-order valence-corrected chi connectivity index (χ1v) is 5.52. The fourth-order valence-corrected chi connectivity index (χ4v) is 2.29. The van der Waals surface area contributed by atoms with Crippen molar-refractivity contribution in [1.29, 1.82) is 0 Å². The molecule has 10 heavy (non-hydrogen) atoms. The van der Waals surface area contributed by atoms with Crippen molar-refractivity contribution in [2.75, 3.05) is 11.6 Å². The quantitative estimate of drug-likeness (QED) is 0.539. The Balaban J connectivity index is 2.15. The molecule has 0 N–H and O–H groups in total. The van der Waals surface area contributed by atoms with E-state index >= 15 is 0 Å². The molecule has 1 aromatic rings. The molecular weight excluding hydrogens is 186 g/mol. The Hall–Kier alpha value is 0.270. The average Bonchev–Trinajstić information content (AvgIpc) is 2.41. The lowest BCUT2D eigenvalue weighted by Crippen LogP contribution is -1.81. The lowest BCUT2D eigenvalue weighted by atomic mass is 10.8. The SMILES string of the molecule is ClCCSCc1nccs1. The summed E-state index contributed by atoms with van der Waals surface area (Å²) >= 11 is 9.03. The molecule has 1 aromatic heterocycles. The number of hydrogen-bond donors (Lipinski definition) is 0. The third-order valence-corrected chi connectivity index (χ3v) is 3.28. The van der Waals surface area contributed by atoms with E-state index in [1.54, 1.807) is 11.3 Å². The van der Waals surface area contributed by atoms with Crippen LogP contribution < -0.4 is 0 Å². The van der Waals surface area contributed by atoms with Gasteiger partial charge in [0, 0.05) is 29.0 Å². The molecule has 0 spiro atoms. The molecule has 0 amide bonds. The van der Waals surface area contributed by atoms with Crippen LogP contribution >= 0.6 is 34.7 Å². The van der Waals surface area contributed by atoms with E-state index in [1.807, 2.05) is 23.3 Å². The molecule has 0 aliphatic heterocycles. The van der Waals surface area contributed by atoms with E-state index in [0.29, 0.717) is 0 Å². The summed E-state index contributed by atoms with van der Waals surface area (Å²) in [6.07, 6.45) is 1.83. The standard InChI is InChI=1S/C6H8ClNS2/c7-1-3-9-5-6-8-2-4-10-6/h2,4H,1,3,5H2. The van der Waals surface area contributed by atoms with Gasteiger partial charge in [-0.3, -0.25) is 0 Å².